The Labute approximate surface area is 158 Å². The highest BCUT2D eigenvalue weighted by Crippen LogP contribution is 2.64. The molecule has 0 saturated heterocycles. The van der Waals surface area contributed by atoms with Crippen LogP contribution in [0.4, 0.5) is 0 Å². The molecule has 0 aromatic heterocycles. The first kappa shape index (κ1) is 18.5. The largest absolute Gasteiger partial charge is 0.389 e. The Morgan fingerprint density at radius 3 is 2.69 bits per heavy atom. The minimum Gasteiger partial charge on any atom is -0.389 e. The van der Waals surface area contributed by atoms with Crippen molar-refractivity contribution < 1.29 is 10.2 Å². The SMILES string of the molecule is CN(C)CC#C[C@]1(O)CC[C@@H]2[C@@H]3CCC4=C[C@H](O)CC[C@@H]4[C@H]3CC[C@]21C. The fraction of sp³-hybridized carbons (Fsp3) is 0.826. The van der Waals surface area contributed by atoms with Crippen LogP contribution in [0.1, 0.15) is 58.3 Å². The second-order valence-corrected chi connectivity index (χ2v) is 9.86. The summed E-state index contributed by atoms with van der Waals surface area (Å²) in [5, 5.41) is 21.5. The van der Waals surface area contributed by atoms with E-state index in [0.717, 1.165) is 50.4 Å². The Bertz CT molecular complexity index is 644. The molecule has 0 heterocycles. The molecule has 0 aromatic rings. The Hall–Kier alpha value is -0.820. The van der Waals surface area contributed by atoms with Gasteiger partial charge >= 0.3 is 0 Å². The number of hydrogen-bond donors (Lipinski definition) is 2. The van der Waals surface area contributed by atoms with Crippen molar-refractivity contribution in [2.45, 2.75) is 70.0 Å². The standard InChI is InChI=1S/C23H35NO2/c1-22-12-9-19-18-8-6-17(25)15-16(18)5-7-20(19)21(22)10-13-23(22,26)11-4-14-24(2)3/h15,17-21,25-26H,5-10,12-14H2,1-3H3/t17-,18+,19-,20-,21-,22-,23+/m1/s1. The van der Waals surface area contributed by atoms with Crippen LogP contribution in [-0.2, 0) is 0 Å². The molecule has 0 amide bonds. The molecular formula is C23H35NO2. The predicted molar refractivity (Wildman–Crippen MR) is 104 cm³/mol. The average Bonchev–Trinajstić information content (AvgIpc) is 2.85. The molecule has 7 atom stereocenters. The fourth-order valence-corrected chi connectivity index (χ4v) is 6.88. The van der Waals surface area contributed by atoms with Crippen molar-refractivity contribution in [3.8, 4) is 11.8 Å². The molecular weight excluding hydrogens is 322 g/mol. The van der Waals surface area contributed by atoms with Gasteiger partial charge in [-0.2, -0.15) is 0 Å². The maximum atomic E-state index is 11.5. The minimum absolute atomic E-state index is 0.0527. The van der Waals surface area contributed by atoms with Crippen molar-refractivity contribution >= 4 is 0 Å². The van der Waals surface area contributed by atoms with E-state index in [2.05, 4.69) is 29.7 Å². The molecule has 3 heteroatoms. The summed E-state index contributed by atoms with van der Waals surface area (Å²) in [5.74, 6) is 9.33. The highest BCUT2D eigenvalue weighted by molar-refractivity contribution is 5.27. The Morgan fingerprint density at radius 2 is 1.92 bits per heavy atom. The monoisotopic (exact) mass is 357 g/mol. The van der Waals surface area contributed by atoms with Crippen molar-refractivity contribution in [3.63, 3.8) is 0 Å². The quantitative estimate of drug-likeness (QED) is 0.559. The molecule has 4 rings (SSSR count). The van der Waals surface area contributed by atoms with Crippen LogP contribution in [0, 0.1) is 40.9 Å². The van der Waals surface area contributed by atoms with E-state index in [4.69, 9.17) is 0 Å². The van der Waals surface area contributed by atoms with E-state index >= 15 is 0 Å². The van der Waals surface area contributed by atoms with Crippen molar-refractivity contribution in [3.05, 3.63) is 11.6 Å². The summed E-state index contributed by atoms with van der Waals surface area (Å²) < 4.78 is 0. The third kappa shape index (κ3) is 2.86. The Balaban J connectivity index is 1.57. The van der Waals surface area contributed by atoms with Crippen LogP contribution in [0.5, 0.6) is 0 Å². The number of nitrogens with zero attached hydrogens (tertiary/aromatic N) is 1. The molecule has 26 heavy (non-hydrogen) atoms. The van der Waals surface area contributed by atoms with Gasteiger partial charge in [0.15, 0.2) is 0 Å². The van der Waals surface area contributed by atoms with Crippen LogP contribution in [0.2, 0.25) is 0 Å². The van der Waals surface area contributed by atoms with Gasteiger partial charge in [-0.05, 0) is 89.1 Å². The van der Waals surface area contributed by atoms with Gasteiger partial charge in [-0.25, -0.2) is 0 Å². The molecule has 0 aromatic carbocycles. The molecule has 0 bridgehead atoms. The number of aliphatic hydroxyl groups excluding tert-OH is 1. The minimum atomic E-state index is -0.808. The first-order valence-electron chi connectivity index (χ1n) is 10.6. The second-order valence-electron chi connectivity index (χ2n) is 9.86. The van der Waals surface area contributed by atoms with Crippen molar-refractivity contribution in [2.24, 2.45) is 29.1 Å². The van der Waals surface area contributed by atoms with E-state index in [9.17, 15) is 10.2 Å². The number of fused-ring (bicyclic) bond motifs is 5. The molecule has 0 aliphatic heterocycles. The molecule has 3 saturated carbocycles. The van der Waals surface area contributed by atoms with Crippen molar-refractivity contribution in [2.75, 3.05) is 20.6 Å². The molecule has 2 N–H and O–H groups in total. The van der Waals surface area contributed by atoms with Gasteiger partial charge in [0.05, 0.1) is 12.6 Å². The van der Waals surface area contributed by atoms with Gasteiger partial charge in [0.25, 0.3) is 0 Å². The summed E-state index contributed by atoms with van der Waals surface area (Å²) in [7, 11) is 4.05. The number of hydrogen-bond acceptors (Lipinski definition) is 3. The van der Waals surface area contributed by atoms with E-state index < -0.39 is 5.60 Å². The smallest absolute Gasteiger partial charge is 0.131 e. The van der Waals surface area contributed by atoms with Gasteiger partial charge < -0.3 is 10.2 Å². The lowest BCUT2D eigenvalue weighted by atomic mass is 9.50. The summed E-state index contributed by atoms with van der Waals surface area (Å²) in [5.41, 5.74) is 0.674. The van der Waals surface area contributed by atoms with Crippen molar-refractivity contribution in [1.82, 2.24) is 4.90 Å². The van der Waals surface area contributed by atoms with E-state index in [1.165, 1.54) is 18.4 Å². The highest BCUT2D eigenvalue weighted by atomic mass is 16.3. The Kier molecular flexibility index (Phi) is 4.75. The predicted octanol–water partition coefficient (Wildman–Crippen LogP) is 3.22. The third-order valence-electron chi connectivity index (χ3n) is 8.27. The highest BCUT2D eigenvalue weighted by Gasteiger charge is 2.61. The first-order valence-corrected chi connectivity index (χ1v) is 10.6. The molecule has 144 valence electrons. The normalized spacial score (nSPS) is 47.3. The van der Waals surface area contributed by atoms with Gasteiger partial charge in [0.1, 0.15) is 5.60 Å². The van der Waals surface area contributed by atoms with Crippen LogP contribution < -0.4 is 0 Å². The van der Waals surface area contributed by atoms with Crippen LogP contribution >= 0.6 is 0 Å². The maximum Gasteiger partial charge on any atom is 0.131 e. The molecule has 0 unspecified atom stereocenters. The van der Waals surface area contributed by atoms with Crippen LogP contribution in [0.25, 0.3) is 0 Å². The lowest BCUT2D eigenvalue weighted by Crippen LogP contribution is -2.52. The summed E-state index contributed by atoms with van der Waals surface area (Å²) in [4.78, 5) is 2.06. The molecule has 0 radical (unpaired) electrons. The Morgan fingerprint density at radius 1 is 1.12 bits per heavy atom. The van der Waals surface area contributed by atoms with Gasteiger partial charge in [0, 0.05) is 5.41 Å². The summed E-state index contributed by atoms with van der Waals surface area (Å²) >= 11 is 0. The average molecular weight is 358 g/mol. The summed E-state index contributed by atoms with van der Waals surface area (Å²) in [6.45, 7) is 3.04. The maximum absolute atomic E-state index is 11.5. The molecule has 3 fully saturated rings. The van der Waals surface area contributed by atoms with Crippen LogP contribution in [0.3, 0.4) is 0 Å². The van der Waals surface area contributed by atoms with E-state index in [0.29, 0.717) is 18.4 Å². The zero-order valence-corrected chi connectivity index (χ0v) is 16.7. The van der Waals surface area contributed by atoms with E-state index in [1.54, 1.807) is 0 Å². The molecule has 3 nitrogen and oxygen atoms in total. The van der Waals surface area contributed by atoms with Gasteiger partial charge in [-0.1, -0.05) is 30.4 Å². The van der Waals surface area contributed by atoms with Crippen LogP contribution in [0.15, 0.2) is 11.6 Å². The van der Waals surface area contributed by atoms with Gasteiger partial charge in [-0.15, -0.1) is 0 Å². The molecule has 4 aliphatic rings. The van der Waals surface area contributed by atoms with Gasteiger partial charge in [0.2, 0.25) is 0 Å². The summed E-state index contributed by atoms with van der Waals surface area (Å²) in [6, 6.07) is 0. The number of rotatable bonds is 1. The number of allylic oxidation sites excluding steroid dienone is 1. The van der Waals surface area contributed by atoms with Gasteiger partial charge in [-0.3, -0.25) is 4.90 Å². The summed E-state index contributed by atoms with van der Waals surface area (Å²) in [6.07, 6.45) is 10.7. The first-order chi connectivity index (χ1) is 12.3. The lowest BCUT2D eigenvalue weighted by Gasteiger charge is -2.55. The third-order valence-corrected chi connectivity index (χ3v) is 8.27. The van der Waals surface area contributed by atoms with Crippen molar-refractivity contribution in [1.29, 1.82) is 0 Å². The van der Waals surface area contributed by atoms with Crippen LogP contribution in [-0.4, -0.2) is 47.5 Å². The molecule has 4 aliphatic carbocycles. The molecule has 0 spiro atoms. The second kappa shape index (κ2) is 6.66. The topological polar surface area (TPSA) is 43.7 Å². The lowest BCUT2D eigenvalue weighted by molar-refractivity contribution is -0.0866. The fourth-order valence-electron chi connectivity index (χ4n) is 6.88. The number of aliphatic hydroxyl groups is 2. The van der Waals surface area contributed by atoms with E-state index in [1.807, 2.05) is 14.1 Å². The zero-order chi connectivity index (χ0) is 18.5. The van der Waals surface area contributed by atoms with E-state index in [-0.39, 0.29) is 11.5 Å². The zero-order valence-electron chi connectivity index (χ0n) is 16.7.